The lowest BCUT2D eigenvalue weighted by atomic mass is 10.2. The van der Waals surface area contributed by atoms with Crippen LogP contribution in [-0.4, -0.2) is 30.1 Å². The smallest absolute Gasteiger partial charge is 0.358 e. The minimum atomic E-state index is -0.693. The molecule has 1 aromatic heterocycles. The van der Waals surface area contributed by atoms with Gasteiger partial charge in [-0.1, -0.05) is 25.3 Å². The highest BCUT2D eigenvalue weighted by Gasteiger charge is 2.20. The van der Waals surface area contributed by atoms with Gasteiger partial charge in [-0.05, 0) is 12.1 Å². The summed E-state index contributed by atoms with van der Waals surface area (Å²) in [5.41, 5.74) is -0.0122. The first kappa shape index (κ1) is 13.6. The average Bonchev–Trinajstić information content (AvgIpc) is 2.42. The van der Waals surface area contributed by atoms with Crippen molar-refractivity contribution >= 4 is 11.9 Å². The van der Waals surface area contributed by atoms with Crippen molar-refractivity contribution in [2.24, 2.45) is 0 Å². The van der Waals surface area contributed by atoms with Crippen LogP contribution in [0.25, 0.3) is 0 Å². The van der Waals surface area contributed by atoms with Gasteiger partial charge in [-0.3, -0.25) is 0 Å². The van der Waals surface area contributed by atoms with E-state index in [1.165, 1.54) is 30.5 Å². The number of rotatable bonds is 6. The molecule has 18 heavy (non-hydrogen) atoms. The molecule has 0 fully saturated rings. The Labute approximate surface area is 105 Å². The lowest BCUT2D eigenvalue weighted by Gasteiger charge is -2.06. The predicted molar refractivity (Wildman–Crippen MR) is 65.2 cm³/mol. The van der Waals surface area contributed by atoms with E-state index in [1.807, 2.05) is 0 Å². The molecule has 94 valence electrons. The van der Waals surface area contributed by atoms with Crippen LogP contribution in [0.5, 0.6) is 0 Å². The van der Waals surface area contributed by atoms with Crippen LogP contribution >= 0.6 is 0 Å². The maximum absolute atomic E-state index is 11.7. The molecule has 0 N–H and O–H groups in total. The minimum Gasteiger partial charge on any atom is -0.458 e. The Hall–Kier alpha value is -2.43. The third-order valence-electron chi connectivity index (χ3n) is 1.89. The van der Waals surface area contributed by atoms with Gasteiger partial charge in [0.25, 0.3) is 0 Å². The molecule has 0 saturated carbocycles. The zero-order chi connectivity index (χ0) is 13.4. The summed E-state index contributed by atoms with van der Waals surface area (Å²) in [4.78, 5) is 27.1. The zero-order valence-corrected chi connectivity index (χ0v) is 9.80. The maximum atomic E-state index is 11.7. The number of pyridine rings is 1. The van der Waals surface area contributed by atoms with Crippen LogP contribution in [0.4, 0.5) is 0 Å². The summed E-state index contributed by atoms with van der Waals surface area (Å²) in [6.45, 7) is 6.97. The minimum absolute atomic E-state index is 0.0521. The molecule has 0 aliphatic heterocycles. The van der Waals surface area contributed by atoms with E-state index in [9.17, 15) is 9.59 Å². The van der Waals surface area contributed by atoms with E-state index < -0.39 is 11.9 Å². The van der Waals surface area contributed by atoms with Crippen LogP contribution in [0.1, 0.15) is 20.8 Å². The van der Waals surface area contributed by atoms with Crippen molar-refractivity contribution in [2.45, 2.75) is 0 Å². The van der Waals surface area contributed by atoms with Gasteiger partial charge < -0.3 is 9.47 Å². The van der Waals surface area contributed by atoms with Crippen LogP contribution < -0.4 is 0 Å². The van der Waals surface area contributed by atoms with Crippen LogP contribution in [0, 0.1) is 0 Å². The highest BCUT2D eigenvalue weighted by atomic mass is 16.5. The van der Waals surface area contributed by atoms with E-state index >= 15 is 0 Å². The Morgan fingerprint density at radius 2 is 1.78 bits per heavy atom. The Kier molecular flexibility index (Phi) is 5.31. The molecule has 0 radical (unpaired) electrons. The standard InChI is InChI=1S/C13H13NO4/c1-3-8-17-12(15)10-6-5-7-14-11(10)13(16)18-9-4-2/h3-7H,1-2,8-9H2. The number of carbonyl (C=O) groups excluding carboxylic acids is 2. The lowest BCUT2D eigenvalue weighted by molar-refractivity contribution is 0.0497. The summed E-state index contributed by atoms with van der Waals surface area (Å²) in [6.07, 6.45) is 4.26. The molecule has 0 bridgehead atoms. The van der Waals surface area contributed by atoms with Crippen molar-refractivity contribution in [2.75, 3.05) is 13.2 Å². The first-order valence-electron chi connectivity index (χ1n) is 5.21. The molecule has 0 aromatic carbocycles. The summed E-state index contributed by atoms with van der Waals surface area (Å²) in [7, 11) is 0. The van der Waals surface area contributed by atoms with Crippen molar-refractivity contribution in [3.63, 3.8) is 0 Å². The van der Waals surface area contributed by atoms with E-state index in [0.29, 0.717) is 0 Å². The van der Waals surface area contributed by atoms with Crippen LogP contribution in [0.15, 0.2) is 43.6 Å². The number of hydrogen-bond donors (Lipinski definition) is 0. The molecule has 1 heterocycles. The van der Waals surface area contributed by atoms with Crippen molar-refractivity contribution in [1.82, 2.24) is 4.98 Å². The van der Waals surface area contributed by atoms with Crippen molar-refractivity contribution in [3.8, 4) is 0 Å². The summed E-state index contributed by atoms with van der Waals surface area (Å²) < 4.78 is 9.67. The van der Waals surface area contributed by atoms with Crippen LogP contribution in [-0.2, 0) is 9.47 Å². The topological polar surface area (TPSA) is 65.5 Å². The molecule has 1 rings (SSSR count). The molecule has 5 heteroatoms. The van der Waals surface area contributed by atoms with Gasteiger partial charge in [0.05, 0.1) is 5.56 Å². The fourth-order valence-corrected chi connectivity index (χ4v) is 1.15. The first-order valence-corrected chi connectivity index (χ1v) is 5.21. The van der Waals surface area contributed by atoms with Crippen molar-refractivity contribution in [3.05, 3.63) is 54.9 Å². The maximum Gasteiger partial charge on any atom is 0.358 e. The highest BCUT2D eigenvalue weighted by Crippen LogP contribution is 2.09. The van der Waals surface area contributed by atoms with Gasteiger partial charge in [0, 0.05) is 6.20 Å². The summed E-state index contributed by atoms with van der Waals surface area (Å²) in [5, 5.41) is 0. The number of esters is 2. The van der Waals surface area contributed by atoms with E-state index in [2.05, 4.69) is 18.1 Å². The molecule has 0 saturated heterocycles. The number of hydrogen-bond acceptors (Lipinski definition) is 5. The van der Waals surface area contributed by atoms with E-state index in [0.717, 1.165) is 0 Å². The molecule has 0 aliphatic rings. The SMILES string of the molecule is C=CCOC(=O)c1cccnc1C(=O)OCC=C. The monoisotopic (exact) mass is 247 g/mol. The van der Waals surface area contributed by atoms with E-state index in [1.54, 1.807) is 0 Å². The molecule has 0 unspecified atom stereocenters. The third kappa shape index (κ3) is 3.55. The summed E-state index contributed by atoms with van der Waals surface area (Å²) in [6, 6.07) is 2.98. The second kappa shape index (κ2) is 7.01. The fraction of sp³-hybridized carbons (Fsp3) is 0.154. The predicted octanol–water partition coefficient (Wildman–Crippen LogP) is 1.77. The van der Waals surface area contributed by atoms with Gasteiger partial charge in [-0.25, -0.2) is 14.6 Å². The summed E-state index contributed by atoms with van der Waals surface area (Å²) in [5.74, 6) is -1.34. The number of ether oxygens (including phenoxy) is 2. The van der Waals surface area contributed by atoms with Crippen LogP contribution in [0.2, 0.25) is 0 Å². The second-order valence-corrected chi connectivity index (χ2v) is 3.17. The Bertz CT molecular complexity index is 425. The molecule has 0 amide bonds. The number of nitrogens with zero attached hydrogens (tertiary/aromatic N) is 1. The largest absolute Gasteiger partial charge is 0.458 e. The van der Waals surface area contributed by atoms with Gasteiger partial charge >= 0.3 is 11.9 Å². The Morgan fingerprint density at radius 1 is 1.17 bits per heavy atom. The Morgan fingerprint density at radius 3 is 2.39 bits per heavy atom. The molecular formula is C13H13NO4. The number of carbonyl (C=O) groups is 2. The van der Waals surface area contributed by atoms with Gasteiger partial charge in [0.2, 0.25) is 0 Å². The zero-order valence-electron chi connectivity index (χ0n) is 9.80. The molecular weight excluding hydrogens is 234 g/mol. The molecule has 0 aliphatic carbocycles. The molecule has 0 atom stereocenters. The second-order valence-electron chi connectivity index (χ2n) is 3.17. The van der Waals surface area contributed by atoms with Crippen molar-refractivity contribution in [1.29, 1.82) is 0 Å². The Balaban J connectivity index is 2.91. The quantitative estimate of drug-likeness (QED) is 0.566. The molecule has 1 aromatic rings. The van der Waals surface area contributed by atoms with Gasteiger partial charge in [-0.2, -0.15) is 0 Å². The van der Waals surface area contributed by atoms with E-state index in [4.69, 9.17) is 9.47 Å². The molecule has 5 nitrogen and oxygen atoms in total. The summed E-state index contributed by atoms with van der Waals surface area (Å²) >= 11 is 0. The normalized spacial score (nSPS) is 9.33. The van der Waals surface area contributed by atoms with E-state index in [-0.39, 0.29) is 24.5 Å². The van der Waals surface area contributed by atoms with Crippen molar-refractivity contribution < 1.29 is 19.1 Å². The highest BCUT2D eigenvalue weighted by molar-refractivity contribution is 6.01. The fourth-order valence-electron chi connectivity index (χ4n) is 1.15. The van der Waals surface area contributed by atoms with Gasteiger partial charge in [-0.15, -0.1) is 0 Å². The van der Waals surface area contributed by atoms with Crippen LogP contribution in [0.3, 0.4) is 0 Å². The lowest BCUT2D eigenvalue weighted by Crippen LogP contribution is -2.15. The first-order chi connectivity index (χ1) is 8.70. The molecule has 0 spiro atoms. The average molecular weight is 247 g/mol. The number of aromatic nitrogens is 1. The van der Waals surface area contributed by atoms with Gasteiger partial charge in [0.1, 0.15) is 13.2 Å². The third-order valence-corrected chi connectivity index (χ3v) is 1.89. The van der Waals surface area contributed by atoms with Gasteiger partial charge in [0.15, 0.2) is 5.69 Å².